The van der Waals surface area contributed by atoms with Gasteiger partial charge in [0.1, 0.15) is 0 Å². The normalized spacial score (nSPS) is 23.8. The molecule has 3 N–H and O–H groups in total. The van der Waals surface area contributed by atoms with E-state index in [0.717, 1.165) is 24.0 Å². The van der Waals surface area contributed by atoms with E-state index in [1.165, 1.54) is 4.31 Å². The van der Waals surface area contributed by atoms with Crippen molar-refractivity contribution in [2.45, 2.75) is 57.2 Å². The van der Waals surface area contributed by atoms with Crippen LogP contribution in [0.15, 0.2) is 72.8 Å². The van der Waals surface area contributed by atoms with Gasteiger partial charge in [-0.3, -0.25) is 14.1 Å². The van der Waals surface area contributed by atoms with E-state index in [1.807, 2.05) is 30.3 Å². The van der Waals surface area contributed by atoms with Gasteiger partial charge in [-0.15, -0.1) is 0 Å². The highest BCUT2D eigenvalue weighted by Crippen LogP contribution is 2.53. The molecule has 44 heavy (non-hydrogen) atoms. The van der Waals surface area contributed by atoms with Crippen molar-refractivity contribution in [3.8, 4) is 6.07 Å². The summed E-state index contributed by atoms with van der Waals surface area (Å²) in [6.45, 7) is 1.67. The van der Waals surface area contributed by atoms with Crippen LogP contribution in [-0.2, 0) is 27.4 Å². The number of amides is 1. The Kier molecular flexibility index (Phi) is 9.78. The van der Waals surface area contributed by atoms with Crippen molar-refractivity contribution in [1.82, 2.24) is 9.62 Å². The molecule has 3 aromatic rings. The van der Waals surface area contributed by atoms with Crippen LogP contribution in [0.1, 0.15) is 66.8 Å². The third kappa shape index (κ3) is 7.01. The SMILES string of the molecule is C[C@@]1(CC(=O)O)C[C@H](c2cccc(Cl)c2)[C@@H](C(C2CC2)[C@@H](c2ccc(Cl)cc2)N(Cc2ccccc2C#N)S(=O)O)NC1=O. The highest BCUT2D eigenvalue weighted by atomic mass is 35.5. The van der Waals surface area contributed by atoms with Gasteiger partial charge in [0.25, 0.3) is 0 Å². The van der Waals surface area contributed by atoms with E-state index >= 15 is 0 Å². The first kappa shape index (κ1) is 32.1. The predicted octanol–water partition coefficient (Wildman–Crippen LogP) is 6.72. The summed E-state index contributed by atoms with van der Waals surface area (Å²) in [7, 11) is 0. The number of carboxylic acids is 1. The zero-order valence-corrected chi connectivity index (χ0v) is 26.4. The largest absolute Gasteiger partial charge is 0.481 e. The molecule has 1 heterocycles. The molecule has 0 radical (unpaired) electrons. The van der Waals surface area contributed by atoms with Crippen molar-refractivity contribution < 1.29 is 23.5 Å². The molecule has 1 aliphatic carbocycles. The molecule has 230 valence electrons. The molecule has 1 amide bonds. The second kappa shape index (κ2) is 13.4. The smallest absolute Gasteiger partial charge is 0.304 e. The Labute approximate surface area is 269 Å². The lowest BCUT2D eigenvalue weighted by molar-refractivity contribution is -0.148. The fourth-order valence-electron chi connectivity index (χ4n) is 6.70. The number of carboxylic acid groups (broad SMARTS) is 1. The first-order valence-corrected chi connectivity index (χ1v) is 16.2. The fraction of sp³-hybridized carbons (Fsp3) is 0.364. The topological polar surface area (TPSA) is 131 Å². The summed E-state index contributed by atoms with van der Waals surface area (Å²) in [4.78, 5) is 25.6. The summed E-state index contributed by atoms with van der Waals surface area (Å²) in [6.07, 6.45) is 1.63. The van der Waals surface area contributed by atoms with Gasteiger partial charge in [0.15, 0.2) is 0 Å². The molecule has 0 bridgehead atoms. The van der Waals surface area contributed by atoms with E-state index in [-0.39, 0.29) is 43.0 Å². The molecule has 2 aliphatic rings. The number of carbonyl (C=O) groups excluding carboxylic acids is 1. The van der Waals surface area contributed by atoms with Crippen LogP contribution in [0.4, 0.5) is 0 Å². The number of benzene rings is 3. The number of halogens is 2. The van der Waals surface area contributed by atoms with Crippen molar-refractivity contribution in [2.24, 2.45) is 17.3 Å². The second-order valence-corrected chi connectivity index (χ2v) is 13.8. The highest BCUT2D eigenvalue weighted by Gasteiger charge is 2.54. The van der Waals surface area contributed by atoms with Gasteiger partial charge >= 0.3 is 5.97 Å². The van der Waals surface area contributed by atoms with Crippen LogP contribution in [0.25, 0.3) is 0 Å². The molecule has 1 aliphatic heterocycles. The van der Waals surface area contributed by atoms with Gasteiger partial charge in [-0.2, -0.15) is 9.57 Å². The maximum Gasteiger partial charge on any atom is 0.304 e. The molecule has 0 aromatic heterocycles. The highest BCUT2D eigenvalue weighted by molar-refractivity contribution is 7.76. The third-order valence-electron chi connectivity index (χ3n) is 8.90. The lowest BCUT2D eigenvalue weighted by Gasteiger charge is -2.48. The van der Waals surface area contributed by atoms with Gasteiger partial charge < -0.3 is 10.4 Å². The molecule has 3 aromatic carbocycles. The monoisotopic (exact) mass is 653 g/mol. The van der Waals surface area contributed by atoms with Crippen molar-refractivity contribution in [3.63, 3.8) is 0 Å². The zero-order chi connectivity index (χ0) is 31.6. The molecule has 6 atom stereocenters. The zero-order valence-electron chi connectivity index (χ0n) is 24.0. The Morgan fingerprint density at radius 3 is 2.43 bits per heavy atom. The number of hydrogen-bond acceptors (Lipinski definition) is 4. The molecule has 0 spiro atoms. The van der Waals surface area contributed by atoms with E-state index in [4.69, 9.17) is 23.2 Å². The summed E-state index contributed by atoms with van der Waals surface area (Å²) in [6, 6.07) is 22.4. The number of nitrogens with one attached hydrogen (secondary N) is 1. The lowest BCUT2D eigenvalue weighted by atomic mass is 9.65. The van der Waals surface area contributed by atoms with E-state index in [1.54, 1.807) is 49.4 Å². The summed E-state index contributed by atoms with van der Waals surface area (Å²) in [5, 5.41) is 23.7. The first-order chi connectivity index (χ1) is 21.0. The molecule has 2 unspecified atom stereocenters. The number of rotatable bonds is 11. The third-order valence-corrected chi connectivity index (χ3v) is 10.1. The number of piperidine rings is 1. The number of aliphatic carboxylic acids is 1. The number of hydrogen-bond donors (Lipinski definition) is 3. The summed E-state index contributed by atoms with van der Waals surface area (Å²) >= 11 is 10.2. The molecule has 5 rings (SSSR count). The quantitative estimate of drug-likeness (QED) is 0.197. The first-order valence-electron chi connectivity index (χ1n) is 14.4. The summed E-state index contributed by atoms with van der Waals surface area (Å²) < 4.78 is 25.6. The second-order valence-electron chi connectivity index (χ2n) is 12.0. The molecule has 11 heteroatoms. The number of carbonyl (C=O) groups is 2. The van der Waals surface area contributed by atoms with Gasteiger partial charge in [0.2, 0.25) is 17.2 Å². The number of nitrogens with zero attached hydrogens (tertiary/aromatic N) is 2. The van der Waals surface area contributed by atoms with Crippen molar-refractivity contribution in [1.29, 1.82) is 5.26 Å². The minimum absolute atomic E-state index is 0.00256. The van der Waals surface area contributed by atoms with E-state index in [2.05, 4.69) is 11.4 Å². The Morgan fingerprint density at radius 1 is 1.11 bits per heavy atom. The standard InChI is InChI=1S/C33H33Cl2N3O5S/c1-33(17-28(39)40)16-27(22-7-4-8-26(35)15-22)30(37-32(33)41)29(20-9-10-20)31(21-11-13-25(34)14-12-21)38(44(42)43)19-24-6-3-2-5-23(24)18-36/h2-8,11-15,20,27,29-31H,9-10,16-17,19H2,1H3,(H,37,41)(H,39,40)(H,42,43)/t27-,29?,30+,31-,33+/m1/s1. The molecular weight excluding hydrogens is 621 g/mol. The van der Waals surface area contributed by atoms with Crippen molar-refractivity contribution in [3.05, 3.63) is 105 Å². The van der Waals surface area contributed by atoms with Gasteiger partial charge in [0.05, 0.1) is 29.5 Å². The maximum absolute atomic E-state index is 13.8. The Hall–Kier alpha value is -3.26. The summed E-state index contributed by atoms with van der Waals surface area (Å²) in [5.41, 5.74) is 1.41. The molecule has 1 saturated heterocycles. The molecule has 2 fully saturated rings. The average molecular weight is 655 g/mol. The van der Waals surface area contributed by atoms with Crippen LogP contribution in [0, 0.1) is 28.6 Å². The van der Waals surface area contributed by atoms with Crippen LogP contribution in [-0.4, -0.2) is 36.1 Å². The van der Waals surface area contributed by atoms with E-state index in [9.17, 15) is 28.7 Å². The maximum atomic E-state index is 13.8. The van der Waals surface area contributed by atoms with Crippen molar-refractivity contribution >= 4 is 46.3 Å². The summed E-state index contributed by atoms with van der Waals surface area (Å²) in [5.74, 6) is -2.03. The Balaban J connectivity index is 1.66. The van der Waals surface area contributed by atoms with Gasteiger partial charge in [-0.1, -0.05) is 72.6 Å². The fourth-order valence-corrected chi connectivity index (χ4v) is 7.73. The van der Waals surface area contributed by atoms with Gasteiger partial charge in [-0.05, 0) is 72.2 Å². The van der Waals surface area contributed by atoms with E-state index in [0.29, 0.717) is 21.2 Å². The van der Waals surface area contributed by atoms with Crippen LogP contribution in [0.5, 0.6) is 0 Å². The van der Waals surface area contributed by atoms with Crippen molar-refractivity contribution in [2.75, 3.05) is 0 Å². The Bertz CT molecular complexity index is 1610. The van der Waals surface area contributed by atoms with Gasteiger partial charge in [0, 0.05) is 34.5 Å². The van der Waals surface area contributed by atoms with Crippen LogP contribution >= 0.6 is 23.2 Å². The predicted molar refractivity (Wildman–Crippen MR) is 169 cm³/mol. The number of nitriles is 1. The lowest BCUT2D eigenvalue weighted by Crippen LogP contribution is -2.58. The minimum Gasteiger partial charge on any atom is -0.481 e. The van der Waals surface area contributed by atoms with E-state index < -0.39 is 34.7 Å². The molecule has 8 nitrogen and oxygen atoms in total. The Morgan fingerprint density at radius 2 is 1.82 bits per heavy atom. The van der Waals surface area contributed by atoms with Crippen LogP contribution < -0.4 is 5.32 Å². The van der Waals surface area contributed by atoms with Crippen LogP contribution in [0.2, 0.25) is 10.0 Å². The average Bonchev–Trinajstić information content (AvgIpc) is 3.82. The minimum atomic E-state index is -2.48. The molecule has 1 saturated carbocycles. The molecular formula is C33H33Cl2N3O5S. The van der Waals surface area contributed by atoms with Crippen LogP contribution in [0.3, 0.4) is 0 Å². The van der Waals surface area contributed by atoms with Gasteiger partial charge in [-0.25, -0.2) is 4.21 Å².